The molecule has 0 saturated carbocycles. The van der Waals surface area contributed by atoms with E-state index in [9.17, 15) is 14.4 Å². The van der Waals surface area contributed by atoms with E-state index in [1.165, 1.54) is 6.20 Å². The van der Waals surface area contributed by atoms with E-state index in [0.717, 1.165) is 21.3 Å². The van der Waals surface area contributed by atoms with Crippen molar-refractivity contribution in [2.75, 3.05) is 5.32 Å². The molecule has 0 aliphatic heterocycles. The lowest BCUT2D eigenvalue weighted by atomic mass is 10.1. The lowest BCUT2D eigenvalue weighted by molar-refractivity contribution is 0.0536. The summed E-state index contributed by atoms with van der Waals surface area (Å²) in [7, 11) is 0. The van der Waals surface area contributed by atoms with Gasteiger partial charge in [0.25, 0.3) is 0 Å². The van der Waals surface area contributed by atoms with Gasteiger partial charge in [-0.05, 0) is 72.7 Å². The summed E-state index contributed by atoms with van der Waals surface area (Å²) in [5.74, 6) is -2.03. The zero-order chi connectivity index (χ0) is 28.9. The van der Waals surface area contributed by atoms with Crippen molar-refractivity contribution in [2.45, 2.75) is 66.2 Å². The number of amides is 1. The number of aryl methyl sites for hydroxylation is 1. The Balaban J connectivity index is 1.85. The van der Waals surface area contributed by atoms with Gasteiger partial charge in [0, 0.05) is 22.3 Å². The summed E-state index contributed by atoms with van der Waals surface area (Å²) in [4.78, 5) is 47.3. The normalized spacial score (nSPS) is 12.1. The molecule has 39 heavy (non-hydrogen) atoms. The van der Waals surface area contributed by atoms with Crippen LogP contribution in [0.15, 0.2) is 35.3 Å². The molecule has 4 rings (SSSR count). The number of hydrogen-bond acceptors (Lipinski definition) is 7. The molecule has 1 amide bonds. The lowest BCUT2D eigenvalue weighted by Gasteiger charge is -2.20. The number of carbonyl (C=O) groups excluding carboxylic acids is 2. The number of halogens is 2. The van der Waals surface area contributed by atoms with Crippen molar-refractivity contribution in [1.29, 1.82) is 0 Å². The summed E-state index contributed by atoms with van der Waals surface area (Å²) in [5.41, 5.74) is -1.96. The molecule has 1 aromatic carbocycles. The van der Waals surface area contributed by atoms with Crippen molar-refractivity contribution in [3.63, 3.8) is 0 Å². The maximum Gasteiger partial charge on any atom is 0.423 e. The van der Waals surface area contributed by atoms with E-state index in [-0.39, 0.29) is 22.4 Å². The van der Waals surface area contributed by atoms with Gasteiger partial charge in [0.2, 0.25) is 0 Å². The number of imidazole rings is 1. The number of nitrogens with zero attached hydrogens (tertiary/aromatic N) is 4. The van der Waals surface area contributed by atoms with Crippen LogP contribution in [0, 0.1) is 18.6 Å². The second-order valence-electron chi connectivity index (χ2n) is 11.0. The standard InChI is InChI=1S/C27H29F2N5O5/c1-14-8-9-16-21-20(12-30-22(16)31-14)34(25(37)39-27(5,6)7)24(36)33(21)13-17-18(28)10-15(11-19(17)29)32-23(35)38-26(2,3)4/h8-12H,13H2,1-7H3,(H,32,35). The Bertz CT molecular complexity index is 1660. The minimum absolute atomic E-state index is 0.0939. The highest BCUT2D eigenvalue weighted by Gasteiger charge is 2.27. The molecule has 4 aromatic rings. The molecule has 0 aliphatic rings. The number of benzene rings is 1. The number of hydrogen-bond donors (Lipinski definition) is 1. The van der Waals surface area contributed by atoms with Crippen molar-refractivity contribution < 1.29 is 27.8 Å². The fourth-order valence-corrected chi connectivity index (χ4v) is 3.95. The van der Waals surface area contributed by atoms with Crippen molar-refractivity contribution >= 4 is 39.9 Å². The first-order valence-corrected chi connectivity index (χ1v) is 12.1. The highest BCUT2D eigenvalue weighted by atomic mass is 19.1. The van der Waals surface area contributed by atoms with Crippen molar-refractivity contribution in [2.24, 2.45) is 0 Å². The molecule has 0 saturated heterocycles. The third kappa shape index (κ3) is 5.89. The molecule has 1 N–H and O–H groups in total. The molecule has 3 aromatic heterocycles. The fourth-order valence-electron chi connectivity index (χ4n) is 3.95. The third-order valence-corrected chi connectivity index (χ3v) is 5.43. The van der Waals surface area contributed by atoms with Crippen LogP contribution in [-0.4, -0.2) is 42.5 Å². The summed E-state index contributed by atoms with van der Waals surface area (Å²) >= 11 is 0. The van der Waals surface area contributed by atoms with E-state index in [1.807, 2.05) is 0 Å². The highest BCUT2D eigenvalue weighted by Crippen LogP contribution is 2.26. The molecule has 0 fully saturated rings. The highest BCUT2D eigenvalue weighted by molar-refractivity contribution is 6.03. The average Bonchev–Trinajstić information content (AvgIpc) is 3.05. The Labute approximate surface area is 222 Å². The van der Waals surface area contributed by atoms with Gasteiger partial charge in [0.15, 0.2) is 5.65 Å². The van der Waals surface area contributed by atoms with Crippen LogP contribution in [0.3, 0.4) is 0 Å². The number of fused-ring (bicyclic) bond motifs is 3. The SMILES string of the molecule is Cc1ccc2c(ncc3c2n(Cc2c(F)cc(NC(=O)OC(C)(C)C)cc2F)c(=O)n3C(=O)OC(C)(C)C)n1. The molecule has 0 unspecified atom stereocenters. The van der Waals surface area contributed by atoms with Crippen LogP contribution in [0.5, 0.6) is 0 Å². The molecule has 206 valence electrons. The number of carbonyl (C=O) groups is 2. The molecular formula is C27H29F2N5O5. The number of rotatable bonds is 3. The van der Waals surface area contributed by atoms with Crippen LogP contribution in [0.4, 0.5) is 24.1 Å². The average molecular weight is 542 g/mol. The monoisotopic (exact) mass is 541 g/mol. The third-order valence-electron chi connectivity index (χ3n) is 5.43. The minimum atomic E-state index is -1.02. The van der Waals surface area contributed by atoms with E-state index in [1.54, 1.807) is 60.6 Å². The molecule has 10 nitrogen and oxygen atoms in total. The van der Waals surface area contributed by atoms with E-state index in [0.29, 0.717) is 11.1 Å². The number of nitrogens with one attached hydrogen (secondary N) is 1. The van der Waals surface area contributed by atoms with Gasteiger partial charge in [-0.3, -0.25) is 9.88 Å². The Morgan fingerprint density at radius 2 is 1.62 bits per heavy atom. The van der Waals surface area contributed by atoms with Crippen LogP contribution in [0.1, 0.15) is 52.8 Å². The molecule has 0 spiro atoms. The molecule has 0 radical (unpaired) electrons. The van der Waals surface area contributed by atoms with Crippen molar-refractivity contribution in [1.82, 2.24) is 19.1 Å². The molecule has 0 bridgehead atoms. The van der Waals surface area contributed by atoms with Gasteiger partial charge < -0.3 is 9.47 Å². The van der Waals surface area contributed by atoms with Gasteiger partial charge in [-0.1, -0.05) is 0 Å². The van der Waals surface area contributed by atoms with Gasteiger partial charge in [-0.2, -0.15) is 4.57 Å². The van der Waals surface area contributed by atoms with Crippen molar-refractivity contribution in [3.8, 4) is 0 Å². The Morgan fingerprint density at radius 3 is 2.21 bits per heavy atom. The largest absolute Gasteiger partial charge is 0.444 e. The van der Waals surface area contributed by atoms with Crippen LogP contribution in [0.25, 0.3) is 22.1 Å². The van der Waals surface area contributed by atoms with Crippen LogP contribution >= 0.6 is 0 Å². The summed E-state index contributed by atoms with van der Waals surface area (Å²) < 4.78 is 42.8. The summed E-state index contributed by atoms with van der Waals surface area (Å²) in [6, 6.07) is 5.21. The van der Waals surface area contributed by atoms with Gasteiger partial charge in [-0.25, -0.2) is 33.1 Å². The van der Waals surface area contributed by atoms with E-state index >= 15 is 8.78 Å². The van der Waals surface area contributed by atoms with Gasteiger partial charge in [0.1, 0.15) is 22.8 Å². The zero-order valence-corrected chi connectivity index (χ0v) is 22.7. The number of anilines is 1. The molecular weight excluding hydrogens is 512 g/mol. The topological polar surface area (TPSA) is 117 Å². The first kappa shape index (κ1) is 27.7. The molecule has 0 aliphatic carbocycles. The molecule has 12 heteroatoms. The van der Waals surface area contributed by atoms with E-state index < -0.39 is 52.8 Å². The van der Waals surface area contributed by atoms with Crippen LogP contribution < -0.4 is 11.0 Å². The smallest absolute Gasteiger partial charge is 0.423 e. The molecule has 0 atom stereocenters. The van der Waals surface area contributed by atoms with Crippen LogP contribution in [0.2, 0.25) is 0 Å². The quantitative estimate of drug-likeness (QED) is 0.363. The second-order valence-corrected chi connectivity index (χ2v) is 11.0. The lowest BCUT2D eigenvalue weighted by Crippen LogP contribution is -2.34. The summed E-state index contributed by atoms with van der Waals surface area (Å²) in [5, 5.41) is 2.70. The van der Waals surface area contributed by atoms with Gasteiger partial charge >= 0.3 is 17.9 Å². The van der Waals surface area contributed by atoms with E-state index in [4.69, 9.17) is 9.47 Å². The predicted octanol–water partition coefficient (Wildman–Crippen LogP) is 5.51. The zero-order valence-electron chi connectivity index (χ0n) is 22.7. The maximum atomic E-state index is 15.2. The number of ether oxygens (including phenoxy) is 2. The minimum Gasteiger partial charge on any atom is -0.444 e. The summed E-state index contributed by atoms with van der Waals surface area (Å²) in [6.07, 6.45) is -0.547. The summed E-state index contributed by atoms with van der Waals surface area (Å²) in [6.45, 7) is 11.1. The van der Waals surface area contributed by atoms with Crippen LogP contribution in [-0.2, 0) is 16.0 Å². The predicted molar refractivity (Wildman–Crippen MR) is 141 cm³/mol. The van der Waals surface area contributed by atoms with E-state index in [2.05, 4.69) is 15.3 Å². The maximum absolute atomic E-state index is 15.2. The van der Waals surface area contributed by atoms with Gasteiger partial charge in [0.05, 0.1) is 23.8 Å². The molecule has 3 heterocycles. The second kappa shape index (κ2) is 9.75. The Hall–Kier alpha value is -4.35. The number of pyridine rings is 2. The first-order valence-electron chi connectivity index (χ1n) is 12.1. The number of aromatic nitrogens is 4. The fraction of sp³-hybridized carbons (Fsp3) is 0.370. The first-order chi connectivity index (χ1) is 18.0. The Kier molecular flexibility index (Phi) is 6.92. The Morgan fingerprint density at radius 1 is 1.00 bits per heavy atom. The van der Waals surface area contributed by atoms with Crippen molar-refractivity contribution in [3.05, 3.63) is 63.8 Å². The van der Waals surface area contributed by atoms with Gasteiger partial charge in [-0.15, -0.1) is 0 Å².